The summed E-state index contributed by atoms with van der Waals surface area (Å²) in [5, 5.41) is 2.62. The first-order valence-electron chi connectivity index (χ1n) is 3.91. The number of carbonyl (C=O) groups excluding carboxylic acids is 1. The van der Waals surface area contributed by atoms with Crippen LogP contribution < -0.4 is 5.32 Å². The van der Waals surface area contributed by atoms with Crippen LogP contribution in [0.3, 0.4) is 0 Å². The maximum absolute atomic E-state index is 13.0. The first-order chi connectivity index (χ1) is 6.54. The average Bonchev–Trinajstić information content (AvgIpc) is 2.14. The summed E-state index contributed by atoms with van der Waals surface area (Å²) in [6.45, 7) is 1.73. The lowest BCUT2D eigenvalue weighted by Gasteiger charge is -2.08. The lowest BCUT2D eigenvalue weighted by molar-refractivity contribution is -0.113. The highest BCUT2D eigenvalue weighted by atomic mass is 79.9. The zero-order valence-corrected chi connectivity index (χ0v) is 9.95. The van der Waals surface area contributed by atoms with Gasteiger partial charge in [0.2, 0.25) is 5.91 Å². The van der Waals surface area contributed by atoms with Gasteiger partial charge in [-0.15, -0.1) is 0 Å². The monoisotopic (exact) mass is 277 g/mol. The van der Waals surface area contributed by atoms with Gasteiger partial charge in [-0.25, -0.2) is 4.39 Å². The number of hydrogen-bond donors (Lipinski definition) is 2. The van der Waals surface area contributed by atoms with Crippen LogP contribution in [-0.4, -0.2) is 11.7 Å². The third-order valence-corrected chi connectivity index (χ3v) is 2.58. The SMILES string of the molecule is Cc1cc(F)c(Br)cc1NC(=O)CS. The molecule has 76 valence electrons. The predicted molar refractivity (Wildman–Crippen MR) is 61.3 cm³/mol. The summed E-state index contributed by atoms with van der Waals surface area (Å²) >= 11 is 6.88. The molecule has 0 aliphatic heterocycles. The van der Waals surface area contributed by atoms with E-state index in [0.717, 1.165) is 0 Å². The minimum absolute atomic E-state index is 0.106. The van der Waals surface area contributed by atoms with Gasteiger partial charge in [0.25, 0.3) is 0 Å². The molecule has 0 spiro atoms. The number of halogens is 2. The fraction of sp³-hybridized carbons (Fsp3) is 0.222. The topological polar surface area (TPSA) is 29.1 Å². The zero-order valence-electron chi connectivity index (χ0n) is 7.47. The number of amides is 1. The Labute approximate surface area is 95.4 Å². The normalized spacial score (nSPS) is 10.0. The summed E-state index contributed by atoms with van der Waals surface area (Å²) < 4.78 is 13.3. The molecule has 14 heavy (non-hydrogen) atoms. The van der Waals surface area contributed by atoms with Crippen molar-refractivity contribution in [1.29, 1.82) is 0 Å². The Morgan fingerprint density at radius 3 is 2.86 bits per heavy atom. The molecule has 0 aliphatic carbocycles. The molecule has 0 aromatic heterocycles. The van der Waals surface area contributed by atoms with Crippen molar-refractivity contribution in [2.24, 2.45) is 0 Å². The van der Waals surface area contributed by atoms with Crippen molar-refractivity contribution in [1.82, 2.24) is 0 Å². The lowest BCUT2D eigenvalue weighted by Crippen LogP contribution is -2.13. The first-order valence-corrected chi connectivity index (χ1v) is 5.33. The van der Waals surface area contributed by atoms with Crippen LogP contribution in [0, 0.1) is 12.7 Å². The van der Waals surface area contributed by atoms with E-state index in [0.29, 0.717) is 15.7 Å². The van der Waals surface area contributed by atoms with Gasteiger partial charge in [0.15, 0.2) is 0 Å². The summed E-state index contributed by atoms with van der Waals surface area (Å²) in [4.78, 5) is 11.0. The Hall–Kier alpha value is -0.550. The van der Waals surface area contributed by atoms with Crippen molar-refractivity contribution in [2.75, 3.05) is 11.1 Å². The van der Waals surface area contributed by atoms with E-state index < -0.39 is 0 Å². The molecule has 0 fully saturated rings. The van der Waals surface area contributed by atoms with Gasteiger partial charge in [-0.1, -0.05) is 0 Å². The molecular formula is C9H9BrFNOS. The maximum atomic E-state index is 13.0. The number of carbonyl (C=O) groups is 1. The number of nitrogens with one attached hydrogen (secondary N) is 1. The Kier molecular flexibility index (Phi) is 3.95. The van der Waals surface area contributed by atoms with Crippen LogP contribution in [0.1, 0.15) is 5.56 Å². The second-order valence-electron chi connectivity index (χ2n) is 2.79. The fourth-order valence-electron chi connectivity index (χ4n) is 0.971. The second-order valence-corrected chi connectivity index (χ2v) is 3.96. The van der Waals surface area contributed by atoms with Crippen LogP contribution in [0.2, 0.25) is 0 Å². The number of rotatable bonds is 2. The molecule has 1 aromatic rings. The summed E-state index contributed by atoms with van der Waals surface area (Å²) in [6, 6.07) is 2.89. The van der Waals surface area contributed by atoms with Gasteiger partial charge < -0.3 is 5.32 Å². The van der Waals surface area contributed by atoms with Crippen LogP contribution in [0.4, 0.5) is 10.1 Å². The highest BCUT2D eigenvalue weighted by molar-refractivity contribution is 9.10. The molecule has 1 amide bonds. The van der Waals surface area contributed by atoms with E-state index in [-0.39, 0.29) is 17.5 Å². The Morgan fingerprint density at radius 1 is 1.64 bits per heavy atom. The van der Waals surface area contributed by atoms with Gasteiger partial charge in [0, 0.05) is 5.69 Å². The molecule has 0 atom stereocenters. The standard InChI is InChI=1S/C9H9BrFNOS/c1-5-2-7(11)6(10)3-8(5)12-9(13)4-14/h2-3,14H,4H2,1H3,(H,12,13). The largest absolute Gasteiger partial charge is 0.325 e. The van der Waals surface area contributed by atoms with Crippen LogP contribution >= 0.6 is 28.6 Å². The predicted octanol–water partition coefficient (Wildman–Crippen LogP) is 2.76. The van der Waals surface area contributed by atoms with E-state index in [1.54, 1.807) is 6.92 Å². The van der Waals surface area contributed by atoms with Crippen LogP contribution in [0.5, 0.6) is 0 Å². The fourth-order valence-corrected chi connectivity index (χ4v) is 1.39. The maximum Gasteiger partial charge on any atom is 0.234 e. The van der Waals surface area contributed by atoms with Crippen LogP contribution in [-0.2, 0) is 4.79 Å². The van der Waals surface area contributed by atoms with Gasteiger partial charge in [-0.05, 0) is 40.5 Å². The van der Waals surface area contributed by atoms with Crippen LogP contribution in [0.15, 0.2) is 16.6 Å². The van der Waals surface area contributed by atoms with E-state index in [1.165, 1.54) is 12.1 Å². The van der Waals surface area contributed by atoms with Crippen molar-refractivity contribution >= 4 is 40.2 Å². The van der Waals surface area contributed by atoms with Gasteiger partial charge in [-0.3, -0.25) is 4.79 Å². The third-order valence-electron chi connectivity index (χ3n) is 1.68. The van der Waals surface area contributed by atoms with E-state index >= 15 is 0 Å². The van der Waals surface area contributed by atoms with Crippen molar-refractivity contribution in [2.45, 2.75) is 6.92 Å². The molecule has 1 rings (SSSR count). The summed E-state index contributed by atoms with van der Waals surface area (Å²) in [6.07, 6.45) is 0. The Morgan fingerprint density at radius 2 is 2.29 bits per heavy atom. The molecule has 0 bridgehead atoms. The third kappa shape index (κ3) is 2.72. The van der Waals surface area contributed by atoms with Gasteiger partial charge in [-0.2, -0.15) is 12.6 Å². The van der Waals surface area contributed by atoms with E-state index in [4.69, 9.17) is 0 Å². The lowest BCUT2D eigenvalue weighted by atomic mass is 10.2. The molecule has 0 saturated heterocycles. The minimum Gasteiger partial charge on any atom is -0.325 e. The van der Waals surface area contributed by atoms with E-state index in [1.807, 2.05) is 0 Å². The van der Waals surface area contributed by atoms with Crippen molar-refractivity contribution < 1.29 is 9.18 Å². The summed E-state index contributed by atoms with van der Waals surface area (Å²) in [5.74, 6) is -0.449. The first kappa shape index (κ1) is 11.5. The van der Waals surface area contributed by atoms with E-state index in [9.17, 15) is 9.18 Å². The summed E-state index contributed by atoms with van der Waals surface area (Å²) in [7, 11) is 0. The highest BCUT2D eigenvalue weighted by Gasteiger charge is 2.07. The molecule has 1 N–H and O–H groups in total. The molecule has 2 nitrogen and oxygen atoms in total. The molecule has 0 radical (unpaired) electrons. The molecule has 0 heterocycles. The van der Waals surface area contributed by atoms with Crippen molar-refractivity contribution in [3.63, 3.8) is 0 Å². The number of thiol groups is 1. The Bertz CT molecular complexity index is 370. The van der Waals surface area contributed by atoms with Crippen LogP contribution in [0.25, 0.3) is 0 Å². The minimum atomic E-state index is -0.341. The Balaban J connectivity index is 2.98. The number of aryl methyl sites for hydroxylation is 1. The zero-order chi connectivity index (χ0) is 10.7. The number of benzene rings is 1. The van der Waals surface area contributed by atoms with Gasteiger partial charge >= 0.3 is 0 Å². The number of anilines is 1. The van der Waals surface area contributed by atoms with Gasteiger partial charge in [0.1, 0.15) is 5.82 Å². The molecule has 0 saturated carbocycles. The van der Waals surface area contributed by atoms with Gasteiger partial charge in [0.05, 0.1) is 10.2 Å². The molecule has 0 unspecified atom stereocenters. The molecule has 0 aliphatic rings. The second kappa shape index (κ2) is 4.79. The summed E-state index contributed by atoms with van der Waals surface area (Å²) in [5.41, 5.74) is 1.28. The highest BCUT2D eigenvalue weighted by Crippen LogP contribution is 2.24. The number of hydrogen-bond acceptors (Lipinski definition) is 2. The quantitative estimate of drug-likeness (QED) is 0.800. The molecule has 1 aromatic carbocycles. The van der Waals surface area contributed by atoms with Crippen molar-refractivity contribution in [3.8, 4) is 0 Å². The van der Waals surface area contributed by atoms with Crippen molar-refractivity contribution in [3.05, 3.63) is 28.0 Å². The molecular weight excluding hydrogens is 269 g/mol. The smallest absolute Gasteiger partial charge is 0.234 e. The molecule has 5 heteroatoms. The average molecular weight is 278 g/mol. The van der Waals surface area contributed by atoms with E-state index in [2.05, 4.69) is 33.9 Å².